The van der Waals surface area contributed by atoms with Crippen LogP contribution in [0.3, 0.4) is 0 Å². The van der Waals surface area contributed by atoms with Gasteiger partial charge < -0.3 is 14.8 Å². The average Bonchev–Trinajstić information content (AvgIpc) is 2.57. The van der Waals surface area contributed by atoms with Crippen molar-refractivity contribution in [3.63, 3.8) is 0 Å². The van der Waals surface area contributed by atoms with E-state index in [1.165, 1.54) is 0 Å². The van der Waals surface area contributed by atoms with Crippen LogP contribution in [0.4, 0.5) is 0 Å². The van der Waals surface area contributed by atoms with E-state index in [1.54, 1.807) is 14.0 Å². The van der Waals surface area contributed by atoms with Crippen LogP contribution in [0.1, 0.15) is 18.1 Å². The molecule has 1 N–H and O–H groups in total. The van der Waals surface area contributed by atoms with Gasteiger partial charge in [0, 0.05) is 6.54 Å². The number of methoxy groups -OCH3 is 1. The number of ether oxygens (including phenoxy) is 2. The molecule has 4 heteroatoms. The van der Waals surface area contributed by atoms with E-state index < -0.39 is 6.10 Å². The van der Waals surface area contributed by atoms with Crippen LogP contribution < -0.4 is 14.8 Å². The van der Waals surface area contributed by atoms with Crippen LogP contribution in [0.2, 0.25) is 0 Å². The Bertz CT molecular complexity index is 637. The Morgan fingerprint density at radius 2 is 1.83 bits per heavy atom. The first-order chi connectivity index (χ1) is 11.1. The molecule has 0 aromatic heterocycles. The molecule has 0 heterocycles. The maximum atomic E-state index is 12.1. The molecule has 0 saturated carbocycles. The maximum absolute atomic E-state index is 12.1. The van der Waals surface area contributed by atoms with Gasteiger partial charge in [0.2, 0.25) is 0 Å². The van der Waals surface area contributed by atoms with Gasteiger partial charge >= 0.3 is 0 Å². The fraction of sp³-hybridized carbons (Fsp3) is 0.316. The molecule has 0 saturated heterocycles. The summed E-state index contributed by atoms with van der Waals surface area (Å²) in [4.78, 5) is 12.1. The Morgan fingerprint density at radius 3 is 2.48 bits per heavy atom. The molecule has 0 fully saturated rings. The first kappa shape index (κ1) is 16.9. The number of nitrogens with one attached hydrogen (secondary N) is 1. The van der Waals surface area contributed by atoms with Gasteiger partial charge in [0.15, 0.2) is 6.10 Å². The van der Waals surface area contributed by atoms with Crippen molar-refractivity contribution in [3.8, 4) is 11.5 Å². The third-order valence-corrected chi connectivity index (χ3v) is 3.64. The number of carbonyl (C=O) groups excluding carboxylic acids is 1. The number of aryl methyl sites for hydroxylation is 1. The van der Waals surface area contributed by atoms with Crippen molar-refractivity contribution in [2.75, 3.05) is 13.7 Å². The van der Waals surface area contributed by atoms with Crippen LogP contribution in [-0.2, 0) is 11.2 Å². The van der Waals surface area contributed by atoms with Gasteiger partial charge in [-0.25, -0.2) is 0 Å². The predicted octanol–water partition coefficient (Wildman–Crippen LogP) is 3.13. The van der Waals surface area contributed by atoms with Crippen molar-refractivity contribution in [1.29, 1.82) is 0 Å². The number of rotatable bonds is 7. The zero-order chi connectivity index (χ0) is 16.7. The number of carbonyl (C=O) groups is 1. The summed E-state index contributed by atoms with van der Waals surface area (Å²) in [7, 11) is 1.64. The van der Waals surface area contributed by atoms with E-state index in [0.29, 0.717) is 6.54 Å². The molecule has 1 unspecified atom stereocenters. The molecular weight excluding hydrogens is 290 g/mol. The van der Waals surface area contributed by atoms with E-state index in [-0.39, 0.29) is 5.91 Å². The zero-order valence-electron chi connectivity index (χ0n) is 13.8. The van der Waals surface area contributed by atoms with Crippen molar-refractivity contribution in [2.45, 2.75) is 26.4 Å². The van der Waals surface area contributed by atoms with Crippen molar-refractivity contribution in [1.82, 2.24) is 5.32 Å². The molecule has 2 aromatic carbocycles. The van der Waals surface area contributed by atoms with Crippen LogP contribution in [-0.4, -0.2) is 25.7 Å². The van der Waals surface area contributed by atoms with E-state index in [2.05, 4.69) is 5.32 Å². The number of hydrogen-bond acceptors (Lipinski definition) is 3. The third kappa shape index (κ3) is 5.02. The molecule has 2 aromatic rings. The minimum absolute atomic E-state index is 0.109. The highest BCUT2D eigenvalue weighted by molar-refractivity contribution is 5.80. The maximum Gasteiger partial charge on any atom is 0.260 e. The molecule has 0 aliphatic heterocycles. The fourth-order valence-corrected chi connectivity index (χ4v) is 2.20. The smallest absolute Gasteiger partial charge is 0.260 e. The largest absolute Gasteiger partial charge is 0.497 e. The van der Waals surface area contributed by atoms with E-state index >= 15 is 0 Å². The molecule has 1 amide bonds. The highest BCUT2D eigenvalue weighted by Gasteiger charge is 2.14. The molecule has 2 rings (SSSR count). The Hall–Kier alpha value is -2.49. The number of benzene rings is 2. The quantitative estimate of drug-likeness (QED) is 0.854. The summed E-state index contributed by atoms with van der Waals surface area (Å²) in [5, 5.41) is 2.90. The summed E-state index contributed by atoms with van der Waals surface area (Å²) < 4.78 is 10.8. The molecule has 0 aliphatic carbocycles. The van der Waals surface area contributed by atoms with Crippen LogP contribution in [0, 0.1) is 6.92 Å². The summed E-state index contributed by atoms with van der Waals surface area (Å²) in [5.74, 6) is 1.46. The summed E-state index contributed by atoms with van der Waals surface area (Å²) in [6.45, 7) is 4.30. The lowest BCUT2D eigenvalue weighted by Gasteiger charge is -2.16. The van der Waals surface area contributed by atoms with Gasteiger partial charge in [0.25, 0.3) is 5.91 Å². The van der Waals surface area contributed by atoms with Crippen molar-refractivity contribution < 1.29 is 14.3 Å². The van der Waals surface area contributed by atoms with Crippen LogP contribution in [0.5, 0.6) is 11.5 Å². The summed E-state index contributed by atoms with van der Waals surface area (Å²) in [5.41, 5.74) is 2.17. The normalized spacial score (nSPS) is 11.6. The fourth-order valence-electron chi connectivity index (χ4n) is 2.20. The van der Waals surface area contributed by atoms with Crippen LogP contribution >= 0.6 is 0 Å². The van der Waals surface area contributed by atoms with E-state index in [1.807, 2.05) is 55.5 Å². The molecule has 23 heavy (non-hydrogen) atoms. The summed E-state index contributed by atoms with van der Waals surface area (Å²) in [6, 6.07) is 15.5. The highest BCUT2D eigenvalue weighted by atomic mass is 16.5. The minimum atomic E-state index is -0.521. The molecule has 0 spiro atoms. The molecule has 122 valence electrons. The third-order valence-electron chi connectivity index (χ3n) is 3.64. The van der Waals surface area contributed by atoms with Crippen molar-refractivity contribution >= 4 is 5.91 Å². The minimum Gasteiger partial charge on any atom is -0.497 e. The monoisotopic (exact) mass is 313 g/mol. The first-order valence-corrected chi connectivity index (χ1v) is 7.73. The molecule has 1 atom stereocenters. The SMILES string of the molecule is COc1ccc(CCNC(=O)C(C)Oc2ccccc2C)cc1. The van der Waals surface area contributed by atoms with Gasteiger partial charge in [-0.1, -0.05) is 30.3 Å². The Morgan fingerprint density at radius 1 is 1.13 bits per heavy atom. The van der Waals surface area contributed by atoms with E-state index in [0.717, 1.165) is 29.0 Å². The zero-order valence-corrected chi connectivity index (χ0v) is 13.8. The number of para-hydroxylation sites is 1. The second kappa shape index (κ2) is 8.22. The van der Waals surface area contributed by atoms with Gasteiger partial charge in [0.1, 0.15) is 11.5 Å². The Kier molecular flexibility index (Phi) is 6.03. The van der Waals surface area contributed by atoms with Crippen molar-refractivity contribution in [3.05, 3.63) is 59.7 Å². The second-order valence-corrected chi connectivity index (χ2v) is 5.41. The second-order valence-electron chi connectivity index (χ2n) is 5.41. The van der Waals surface area contributed by atoms with Gasteiger partial charge in [-0.3, -0.25) is 4.79 Å². The summed E-state index contributed by atoms with van der Waals surface area (Å²) in [6.07, 6.45) is 0.249. The standard InChI is InChI=1S/C19H23NO3/c1-14-6-4-5-7-18(14)23-15(2)19(21)20-13-12-16-8-10-17(22-3)11-9-16/h4-11,15H,12-13H2,1-3H3,(H,20,21). The van der Waals surface area contributed by atoms with Gasteiger partial charge in [-0.05, 0) is 49.6 Å². The molecule has 0 radical (unpaired) electrons. The highest BCUT2D eigenvalue weighted by Crippen LogP contribution is 2.17. The van der Waals surface area contributed by atoms with Crippen molar-refractivity contribution in [2.24, 2.45) is 0 Å². The molecule has 4 nitrogen and oxygen atoms in total. The van der Waals surface area contributed by atoms with E-state index in [4.69, 9.17) is 9.47 Å². The Labute approximate surface area is 137 Å². The van der Waals surface area contributed by atoms with Gasteiger partial charge in [-0.15, -0.1) is 0 Å². The van der Waals surface area contributed by atoms with Gasteiger partial charge in [-0.2, -0.15) is 0 Å². The molecular formula is C19H23NO3. The van der Waals surface area contributed by atoms with E-state index in [9.17, 15) is 4.79 Å². The molecule has 0 bridgehead atoms. The lowest BCUT2D eigenvalue weighted by Crippen LogP contribution is -2.37. The lowest BCUT2D eigenvalue weighted by atomic mass is 10.1. The van der Waals surface area contributed by atoms with Gasteiger partial charge in [0.05, 0.1) is 7.11 Å². The lowest BCUT2D eigenvalue weighted by molar-refractivity contribution is -0.127. The van der Waals surface area contributed by atoms with Crippen LogP contribution in [0.15, 0.2) is 48.5 Å². The summed E-state index contributed by atoms with van der Waals surface area (Å²) >= 11 is 0. The average molecular weight is 313 g/mol. The first-order valence-electron chi connectivity index (χ1n) is 7.73. The number of hydrogen-bond donors (Lipinski definition) is 1. The topological polar surface area (TPSA) is 47.6 Å². The van der Waals surface area contributed by atoms with Crippen LogP contribution in [0.25, 0.3) is 0 Å². The predicted molar refractivity (Wildman–Crippen MR) is 91.0 cm³/mol. The number of amides is 1. The molecule has 0 aliphatic rings. The Balaban J connectivity index is 1.78.